The van der Waals surface area contributed by atoms with Gasteiger partial charge in [-0.15, -0.1) is 0 Å². The van der Waals surface area contributed by atoms with Crippen molar-refractivity contribution in [3.8, 4) is 0 Å². The predicted octanol–water partition coefficient (Wildman–Crippen LogP) is 1.77. The quantitative estimate of drug-likeness (QED) is 0.737. The van der Waals surface area contributed by atoms with E-state index < -0.39 is 6.04 Å². The fourth-order valence-corrected chi connectivity index (χ4v) is 4.01. The molecule has 3 rings (SSSR count). The summed E-state index contributed by atoms with van der Waals surface area (Å²) in [5.41, 5.74) is 0.956. The van der Waals surface area contributed by atoms with Crippen molar-refractivity contribution in [2.45, 2.75) is 70.1 Å². The summed E-state index contributed by atoms with van der Waals surface area (Å²) in [6.45, 7) is 3.94. The van der Waals surface area contributed by atoms with Gasteiger partial charge in [0.2, 0.25) is 11.8 Å². The van der Waals surface area contributed by atoms with E-state index in [1.807, 2.05) is 44.2 Å². The molecule has 3 unspecified atom stereocenters. The maximum atomic E-state index is 12.7. The molecule has 2 saturated heterocycles. The lowest BCUT2D eigenvalue weighted by Gasteiger charge is -2.31. The molecule has 0 saturated carbocycles. The van der Waals surface area contributed by atoms with Gasteiger partial charge in [-0.25, -0.2) is 0 Å². The van der Waals surface area contributed by atoms with Crippen molar-refractivity contribution in [1.29, 1.82) is 0 Å². The lowest BCUT2D eigenvalue weighted by Crippen LogP contribution is -2.55. The van der Waals surface area contributed by atoms with Crippen LogP contribution >= 0.6 is 0 Å². The molecule has 25 heavy (non-hydrogen) atoms. The molecule has 136 valence electrons. The van der Waals surface area contributed by atoms with Gasteiger partial charge in [-0.1, -0.05) is 44.2 Å². The van der Waals surface area contributed by atoms with E-state index in [-0.39, 0.29) is 23.8 Å². The summed E-state index contributed by atoms with van der Waals surface area (Å²) in [6.07, 6.45) is 4.70. The van der Waals surface area contributed by atoms with Crippen LogP contribution in [0.1, 0.15) is 45.1 Å². The standard InChI is InChI=1S/C20H29N3O2/c1-13(2)19(23-18(24)10-14-6-4-3-5-7-14)20(25)22-17-11-15-8-9-16(12-17)21-15/h3-7,13,15-17,19,21H,8-12H2,1-2H3,(H,22,25)(H,23,24). The number of benzene rings is 1. The van der Waals surface area contributed by atoms with Crippen molar-refractivity contribution in [1.82, 2.24) is 16.0 Å². The van der Waals surface area contributed by atoms with E-state index in [1.54, 1.807) is 0 Å². The largest absolute Gasteiger partial charge is 0.351 e. The first-order valence-corrected chi connectivity index (χ1v) is 9.41. The first-order chi connectivity index (χ1) is 12.0. The molecule has 5 heteroatoms. The molecule has 2 bridgehead atoms. The average Bonchev–Trinajstić information content (AvgIpc) is 2.91. The molecule has 3 N–H and O–H groups in total. The fraction of sp³-hybridized carbons (Fsp3) is 0.600. The zero-order valence-electron chi connectivity index (χ0n) is 15.1. The molecule has 3 atom stereocenters. The van der Waals surface area contributed by atoms with Crippen LogP contribution in [0, 0.1) is 5.92 Å². The van der Waals surface area contributed by atoms with Crippen LogP contribution in [-0.2, 0) is 16.0 Å². The second kappa shape index (κ2) is 8.00. The van der Waals surface area contributed by atoms with Crippen molar-refractivity contribution < 1.29 is 9.59 Å². The maximum Gasteiger partial charge on any atom is 0.243 e. The molecule has 2 heterocycles. The second-order valence-corrected chi connectivity index (χ2v) is 7.77. The number of fused-ring (bicyclic) bond motifs is 2. The minimum atomic E-state index is -0.483. The summed E-state index contributed by atoms with van der Waals surface area (Å²) in [7, 11) is 0. The van der Waals surface area contributed by atoms with Crippen LogP contribution in [0.25, 0.3) is 0 Å². The van der Waals surface area contributed by atoms with Crippen LogP contribution in [0.5, 0.6) is 0 Å². The highest BCUT2D eigenvalue weighted by molar-refractivity contribution is 5.88. The monoisotopic (exact) mass is 343 g/mol. The Kier molecular flexibility index (Phi) is 5.74. The molecular weight excluding hydrogens is 314 g/mol. The lowest BCUT2D eigenvalue weighted by molar-refractivity contribution is -0.130. The third-order valence-electron chi connectivity index (χ3n) is 5.29. The van der Waals surface area contributed by atoms with Crippen molar-refractivity contribution in [3.05, 3.63) is 35.9 Å². The summed E-state index contributed by atoms with van der Waals surface area (Å²) >= 11 is 0. The fourth-order valence-electron chi connectivity index (χ4n) is 4.01. The zero-order chi connectivity index (χ0) is 17.8. The second-order valence-electron chi connectivity index (χ2n) is 7.77. The van der Waals surface area contributed by atoms with Gasteiger partial charge in [0.15, 0.2) is 0 Å². The van der Waals surface area contributed by atoms with E-state index in [1.165, 1.54) is 12.8 Å². The number of carbonyl (C=O) groups is 2. The molecule has 2 fully saturated rings. The van der Waals surface area contributed by atoms with Crippen LogP contribution in [0.2, 0.25) is 0 Å². The lowest BCUT2D eigenvalue weighted by atomic mass is 9.97. The molecule has 0 spiro atoms. The molecule has 0 aromatic heterocycles. The van der Waals surface area contributed by atoms with E-state index >= 15 is 0 Å². The van der Waals surface area contributed by atoms with Gasteiger partial charge < -0.3 is 16.0 Å². The Balaban J connectivity index is 1.54. The van der Waals surface area contributed by atoms with Crippen LogP contribution < -0.4 is 16.0 Å². The number of rotatable bonds is 6. The first-order valence-electron chi connectivity index (χ1n) is 9.41. The van der Waals surface area contributed by atoms with E-state index in [2.05, 4.69) is 16.0 Å². The zero-order valence-corrected chi connectivity index (χ0v) is 15.1. The summed E-state index contributed by atoms with van der Waals surface area (Å²) in [5.74, 6) is -0.105. The van der Waals surface area contributed by atoms with Crippen molar-refractivity contribution >= 4 is 11.8 Å². The number of hydrogen-bond donors (Lipinski definition) is 3. The first kappa shape index (κ1) is 17.9. The highest BCUT2D eigenvalue weighted by Gasteiger charge is 2.35. The molecule has 0 aliphatic carbocycles. The van der Waals surface area contributed by atoms with Gasteiger partial charge in [0.1, 0.15) is 6.04 Å². The van der Waals surface area contributed by atoms with Crippen LogP contribution in [-0.4, -0.2) is 36.0 Å². The van der Waals surface area contributed by atoms with Gasteiger partial charge in [-0.2, -0.15) is 0 Å². The summed E-state index contributed by atoms with van der Waals surface area (Å²) in [6, 6.07) is 10.4. The van der Waals surface area contributed by atoms with Crippen molar-refractivity contribution in [3.63, 3.8) is 0 Å². The topological polar surface area (TPSA) is 70.2 Å². The number of amides is 2. The van der Waals surface area contributed by atoms with E-state index in [4.69, 9.17) is 0 Å². The highest BCUT2D eigenvalue weighted by atomic mass is 16.2. The van der Waals surface area contributed by atoms with Crippen LogP contribution in [0.3, 0.4) is 0 Å². The van der Waals surface area contributed by atoms with E-state index in [0.717, 1.165) is 18.4 Å². The number of nitrogens with one attached hydrogen (secondary N) is 3. The summed E-state index contributed by atoms with van der Waals surface area (Å²) in [5, 5.41) is 9.69. The van der Waals surface area contributed by atoms with E-state index in [9.17, 15) is 9.59 Å². The Morgan fingerprint density at radius 2 is 1.76 bits per heavy atom. The Bertz CT molecular complexity index is 590. The van der Waals surface area contributed by atoms with Crippen LogP contribution in [0.15, 0.2) is 30.3 Å². The third kappa shape index (κ3) is 4.82. The Labute approximate surface area is 150 Å². The molecule has 2 aliphatic heterocycles. The maximum absolute atomic E-state index is 12.7. The Hall–Kier alpha value is -1.88. The van der Waals surface area contributed by atoms with E-state index in [0.29, 0.717) is 18.5 Å². The summed E-state index contributed by atoms with van der Waals surface area (Å²) < 4.78 is 0. The predicted molar refractivity (Wildman–Crippen MR) is 98.0 cm³/mol. The van der Waals surface area contributed by atoms with Gasteiger partial charge in [0, 0.05) is 18.1 Å². The molecular formula is C20H29N3O2. The van der Waals surface area contributed by atoms with Gasteiger partial charge in [0.05, 0.1) is 6.42 Å². The van der Waals surface area contributed by atoms with Crippen molar-refractivity contribution in [2.24, 2.45) is 5.92 Å². The minimum absolute atomic E-state index is 0.0530. The molecule has 1 aromatic carbocycles. The Morgan fingerprint density at radius 3 is 2.36 bits per heavy atom. The van der Waals surface area contributed by atoms with Gasteiger partial charge >= 0.3 is 0 Å². The summed E-state index contributed by atoms with van der Waals surface area (Å²) in [4.78, 5) is 25.1. The number of piperidine rings is 1. The molecule has 0 radical (unpaired) electrons. The molecule has 5 nitrogen and oxygen atoms in total. The Morgan fingerprint density at radius 1 is 1.12 bits per heavy atom. The highest BCUT2D eigenvalue weighted by Crippen LogP contribution is 2.26. The van der Waals surface area contributed by atoms with Gasteiger partial charge in [0.25, 0.3) is 0 Å². The average molecular weight is 343 g/mol. The van der Waals surface area contributed by atoms with Gasteiger partial charge in [-0.05, 0) is 37.2 Å². The molecule has 1 aromatic rings. The number of hydrogen-bond acceptors (Lipinski definition) is 3. The minimum Gasteiger partial charge on any atom is -0.351 e. The third-order valence-corrected chi connectivity index (χ3v) is 5.29. The van der Waals surface area contributed by atoms with Gasteiger partial charge in [-0.3, -0.25) is 9.59 Å². The molecule has 2 amide bonds. The van der Waals surface area contributed by atoms with Crippen molar-refractivity contribution in [2.75, 3.05) is 0 Å². The van der Waals surface area contributed by atoms with Crippen LogP contribution in [0.4, 0.5) is 0 Å². The number of carbonyl (C=O) groups excluding carboxylic acids is 2. The normalized spacial score (nSPS) is 26.3. The smallest absolute Gasteiger partial charge is 0.243 e. The SMILES string of the molecule is CC(C)C(NC(=O)Cc1ccccc1)C(=O)NC1CC2CCC(C1)N2. The molecule has 2 aliphatic rings.